The number of nitro groups is 1. The molecular weight excluding hydrogens is 258 g/mol. The summed E-state index contributed by atoms with van der Waals surface area (Å²) in [7, 11) is 0. The van der Waals surface area contributed by atoms with E-state index in [-0.39, 0.29) is 18.0 Å². The summed E-state index contributed by atoms with van der Waals surface area (Å²) in [4.78, 5) is 10.6. The average Bonchev–Trinajstić information content (AvgIpc) is 2.38. The molecule has 0 unspecified atom stereocenters. The van der Waals surface area contributed by atoms with Crippen LogP contribution in [0.5, 0.6) is 11.5 Å². The van der Waals surface area contributed by atoms with Crippen molar-refractivity contribution in [2.75, 3.05) is 0 Å². The predicted octanol–water partition coefficient (Wildman–Crippen LogP) is 3.50. The van der Waals surface area contributed by atoms with Crippen molar-refractivity contribution in [3.05, 3.63) is 63.2 Å². The summed E-state index contributed by atoms with van der Waals surface area (Å²) in [6.07, 6.45) is 0. The van der Waals surface area contributed by atoms with E-state index in [1.54, 1.807) is 43.3 Å². The Hall–Kier alpha value is -2.40. The highest BCUT2D eigenvalue weighted by molar-refractivity contribution is 5.53. The molecule has 0 spiro atoms. The first-order valence-corrected chi connectivity index (χ1v) is 6.15. The van der Waals surface area contributed by atoms with Gasteiger partial charge in [-0.2, -0.15) is 0 Å². The van der Waals surface area contributed by atoms with Crippen LogP contribution < -0.4 is 4.74 Å². The summed E-state index contributed by atoms with van der Waals surface area (Å²) in [5, 5.41) is 20.2. The second-order valence-electron chi connectivity index (χ2n) is 4.53. The lowest BCUT2D eigenvalue weighted by Gasteiger charge is -2.10. The van der Waals surface area contributed by atoms with Gasteiger partial charge in [0, 0.05) is 5.56 Å². The summed E-state index contributed by atoms with van der Waals surface area (Å²) in [5.74, 6) is 0.722. The lowest BCUT2D eigenvalue weighted by molar-refractivity contribution is -0.386. The zero-order valence-corrected chi connectivity index (χ0v) is 11.3. The number of rotatable bonds is 4. The molecule has 0 aliphatic rings. The standard InChI is InChI=1S/C15H15NO4/c1-10-4-3-5-14(15(10)16(18)19)20-13-7-6-12(9-17)11(2)8-13/h3-8,17H,9H2,1-2H3. The molecular formula is C15H15NO4. The van der Waals surface area contributed by atoms with Crippen molar-refractivity contribution in [3.63, 3.8) is 0 Å². The molecule has 5 nitrogen and oxygen atoms in total. The fourth-order valence-electron chi connectivity index (χ4n) is 1.98. The Morgan fingerprint density at radius 2 is 1.95 bits per heavy atom. The van der Waals surface area contributed by atoms with Crippen LogP contribution in [-0.4, -0.2) is 10.0 Å². The first-order chi connectivity index (χ1) is 9.52. The van der Waals surface area contributed by atoms with Gasteiger partial charge in [0.05, 0.1) is 11.5 Å². The molecule has 0 atom stereocenters. The van der Waals surface area contributed by atoms with Crippen LogP contribution in [0.1, 0.15) is 16.7 Å². The molecule has 0 heterocycles. The smallest absolute Gasteiger partial charge is 0.314 e. The molecule has 0 saturated heterocycles. The maximum atomic E-state index is 11.1. The normalized spacial score (nSPS) is 10.3. The van der Waals surface area contributed by atoms with Crippen LogP contribution in [-0.2, 0) is 6.61 Å². The number of aliphatic hydroxyl groups excluding tert-OH is 1. The fraction of sp³-hybridized carbons (Fsp3) is 0.200. The molecule has 104 valence electrons. The van der Waals surface area contributed by atoms with E-state index in [2.05, 4.69) is 0 Å². The number of aryl methyl sites for hydroxylation is 2. The molecule has 0 bridgehead atoms. The fourth-order valence-corrected chi connectivity index (χ4v) is 1.98. The highest BCUT2D eigenvalue weighted by atomic mass is 16.6. The van der Waals surface area contributed by atoms with Crippen LogP contribution in [0.3, 0.4) is 0 Å². The number of para-hydroxylation sites is 1. The SMILES string of the molecule is Cc1cc(Oc2cccc(C)c2[N+](=O)[O-])ccc1CO. The number of nitro benzene ring substituents is 1. The van der Waals surface area contributed by atoms with Gasteiger partial charge in [0.1, 0.15) is 5.75 Å². The number of ether oxygens (including phenoxy) is 1. The third-order valence-corrected chi connectivity index (χ3v) is 3.10. The van der Waals surface area contributed by atoms with E-state index in [0.717, 1.165) is 11.1 Å². The van der Waals surface area contributed by atoms with E-state index in [9.17, 15) is 10.1 Å². The van der Waals surface area contributed by atoms with Gasteiger partial charge in [0.15, 0.2) is 0 Å². The third kappa shape index (κ3) is 2.78. The number of nitrogens with zero attached hydrogens (tertiary/aromatic N) is 1. The number of aliphatic hydroxyl groups is 1. The summed E-state index contributed by atoms with van der Waals surface area (Å²) in [5.41, 5.74) is 2.20. The van der Waals surface area contributed by atoms with Gasteiger partial charge in [-0.3, -0.25) is 10.1 Å². The Morgan fingerprint density at radius 1 is 1.20 bits per heavy atom. The molecule has 2 aromatic rings. The minimum atomic E-state index is -0.445. The third-order valence-electron chi connectivity index (χ3n) is 3.10. The lowest BCUT2D eigenvalue weighted by atomic mass is 10.1. The summed E-state index contributed by atoms with van der Waals surface area (Å²) < 4.78 is 5.61. The largest absolute Gasteiger partial charge is 0.450 e. The molecule has 1 N–H and O–H groups in total. The molecule has 0 fully saturated rings. The molecule has 0 amide bonds. The Morgan fingerprint density at radius 3 is 2.55 bits per heavy atom. The number of hydrogen-bond donors (Lipinski definition) is 1. The van der Waals surface area contributed by atoms with E-state index in [0.29, 0.717) is 11.3 Å². The summed E-state index contributed by atoms with van der Waals surface area (Å²) in [6, 6.07) is 10.1. The van der Waals surface area contributed by atoms with Crippen LogP contribution >= 0.6 is 0 Å². The van der Waals surface area contributed by atoms with Crippen molar-refractivity contribution in [3.8, 4) is 11.5 Å². The molecule has 0 saturated carbocycles. The van der Waals surface area contributed by atoms with Crippen LogP contribution in [0.15, 0.2) is 36.4 Å². The molecule has 0 aliphatic carbocycles. The topological polar surface area (TPSA) is 72.6 Å². The Labute approximate surface area is 116 Å². The lowest BCUT2D eigenvalue weighted by Crippen LogP contribution is -1.96. The molecule has 0 aliphatic heterocycles. The van der Waals surface area contributed by atoms with Crippen LogP contribution in [0, 0.1) is 24.0 Å². The number of benzene rings is 2. The van der Waals surface area contributed by atoms with Crippen molar-refractivity contribution in [2.24, 2.45) is 0 Å². The van der Waals surface area contributed by atoms with Crippen LogP contribution in [0.2, 0.25) is 0 Å². The van der Waals surface area contributed by atoms with Gasteiger partial charge in [-0.25, -0.2) is 0 Å². The molecule has 5 heteroatoms. The molecule has 0 radical (unpaired) electrons. The van der Waals surface area contributed by atoms with Crippen molar-refractivity contribution in [2.45, 2.75) is 20.5 Å². The van der Waals surface area contributed by atoms with Crippen molar-refractivity contribution >= 4 is 5.69 Å². The Balaban J connectivity index is 2.38. The quantitative estimate of drug-likeness (QED) is 0.683. The zero-order valence-electron chi connectivity index (χ0n) is 11.3. The average molecular weight is 273 g/mol. The van der Waals surface area contributed by atoms with Crippen LogP contribution in [0.4, 0.5) is 5.69 Å². The van der Waals surface area contributed by atoms with Crippen molar-refractivity contribution in [1.29, 1.82) is 0 Å². The first kappa shape index (κ1) is 14.0. The van der Waals surface area contributed by atoms with E-state index in [1.807, 2.05) is 6.92 Å². The Bertz CT molecular complexity index is 652. The zero-order chi connectivity index (χ0) is 14.7. The maximum Gasteiger partial charge on any atom is 0.314 e. The number of hydrogen-bond acceptors (Lipinski definition) is 4. The van der Waals surface area contributed by atoms with Gasteiger partial charge in [-0.05, 0) is 43.2 Å². The van der Waals surface area contributed by atoms with Gasteiger partial charge in [-0.1, -0.05) is 18.2 Å². The van der Waals surface area contributed by atoms with E-state index < -0.39 is 4.92 Å². The first-order valence-electron chi connectivity index (χ1n) is 6.15. The summed E-state index contributed by atoms with van der Waals surface area (Å²) >= 11 is 0. The molecule has 20 heavy (non-hydrogen) atoms. The highest BCUT2D eigenvalue weighted by Gasteiger charge is 2.18. The van der Waals surface area contributed by atoms with E-state index in [4.69, 9.17) is 9.84 Å². The van der Waals surface area contributed by atoms with Crippen molar-refractivity contribution < 1.29 is 14.8 Å². The monoisotopic (exact) mass is 273 g/mol. The van der Waals surface area contributed by atoms with Gasteiger partial charge in [0.2, 0.25) is 5.75 Å². The van der Waals surface area contributed by atoms with E-state index in [1.165, 1.54) is 0 Å². The highest BCUT2D eigenvalue weighted by Crippen LogP contribution is 2.34. The maximum absolute atomic E-state index is 11.1. The second-order valence-corrected chi connectivity index (χ2v) is 4.53. The van der Waals surface area contributed by atoms with E-state index >= 15 is 0 Å². The summed E-state index contributed by atoms with van der Waals surface area (Å²) in [6.45, 7) is 3.48. The second kappa shape index (κ2) is 5.71. The molecule has 2 rings (SSSR count). The van der Waals surface area contributed by atoms with Gasteiger partial charge in [-0.15, -0.1) is 0 Å². The van der Waals surface area contributed by atoms with Crippen LogP contribution in [0.25, 0.3) is 0 Å². The van der Waals surface area contributed by atoms with Crippen molar-refractivity contribution in [1.82, 2.24) is 0 Å². The van der Waals surface area contributed by atoms with Gasteiger partial charge in [0.25, 0.3) is 0 Å². The minimum absolute atomic E-state index is 0.0311. The molecule has 0 aromatic heterocycles. The van der Waals surface area contributed by atoms with Gasteiger partial charge < -0.3 is 9.84 Å². The Kier molecular flexibility index (Phi) is 4.00. The van der Waals surface area contributed by atoms with Gasteiger partial charge >= 0.3 is 5.69 Å². The predicted molar refractivity (Wildman–Crippen MR) is 75.0 cm³/mol. The minimum Gasteiger partial charge on any atom is -0.450 e. The molecule has 2 aromatic carbocycles.